The Morgan fingerprint density at radius 3 is 1.75 bits per heavy atom. The third-order valence-corrected chi connectivity index (χ3v) is 2.17. The molecule has 0 atom stereocenters. The molecule has 0 heterocycles. The number of rotatable bonds is 8. The van der Waals surface area contributed by atoms with Crippen molar-refractivity contribution in [3.05, 3.63) is 0 Å². The Morgan fingerprint density at radius 1 is 0.938 bits per heavy atom. The third-order valence-electron chi connectivity index (χ3n) is 2.17. The Labute approximate surface area is 141 Å². The normalized spacial score (nSPS) is 9.12. The number of hydrogen-bond donors (Lipinski definition) is 0. The number of carboxylic acids is 2. The Kier molecular flexibility index (Phi) is 19.4. The number of aliphatic carboxylic acids is 2. The predicted octanol–water partition coefficient (Wildman–Crippen LogP) is -6.53. The van der Waals surface area contributed by atoms with Gasteiger partial charge in [-0.1, -0.05) is 39.0 Å². The minimum absolute atomic E-state index is 0. The van der Waals surface area contributed by atoms with Crippen LogP contribution in [0.3, 0.4) is 0 Å². The second kappa shape index (κ2) is 14.0. The summed E-state index contributed by atoms with van der Waals surface area (Å²) >= 11 is 0. The molecule has 0 fully saturated rings. The Morgan fingerprint density at radius 2 is 1.38 bits per heavy atom. The zero-order valence-corrected chi connectivity index (χ0v) is 14.5. The van der Waals surface area contributed by atoms with Gasteiger partial charge in [-0.05, 0) is 6.42 Å². The van der Waals surface area contributed by atoms with Crippen molar-refractivity contribution < 1.29 is 78.9 Å². The van der Waals surface area contributed by atoms with E-state index in [0.29, 0.717) is 6.42 Å². The first-order valence-corrected chi connectivity index (χ1v) is 5.01. The molecule has 82 valence electrons. The van der Waals surface area contributed by atoms with Gasteiger partial charge in [0.15, 0.2) is 0 Å². The Balaban J connectivity index is -0.000000845. The maximum absolute atomic E-state index is 10.3. The minimum Gasteiger partial charge on any atom is -0.549 e. The second-order valence-electron chi connectivity index (χ2n) is 3.39. The molecule has 0 aromatic rings. The van der Waals surface area contributed by atoms with E-state index < -0.39 is 17.9 Å². The number of carbonyl (C=O) groups excluding carboxylic acids is 2. The van der Waals surface area contributed by atoms with Gasteiger partial charge < -0.3 is 19.8 Å². The van der Waals surface area contributed by atoms with Crippen LogP contribution in [0.4, 0.5) is 0 Å². The Bertz CT molecular complexity index is 183. The van der Waals surface area contributed by atoms with Crippen molar-refractivity contribution >= 4 is 11.9 Å². The van der Waals surface area contributed by atoms with E-state index in [0.717, 1.165) is 25.7 Å². The molecular weight excluding hydrogens is 230 g/mol. The number of carbonyl (C=O) groups is 2. The fourth-order valence-corrected chi connectivity index (χ4v) is 1.28. The fraction of sp³-hybridized carbons (Fsp3) is 0.800. The molecule has 0 radical (unpaired) electrons. The standard InChI is InChI=1S/C10H18O4.2Na/c1-2-3-4-5-6-7-8(9(11)12)10(13)14;;/h8H,2-7H2,1H3,(H,11,12)(H,13,14);;/q;2*+1/p-2. The van der Waals surface area contributed by atoms with Gasteiger partial charge in [0.05, 0.1) is 11.9 Å². The number of carboxylic acid groups (broad SMARTS) is 2. The van der Waals surface area contributed by atoms with Crippen LogP contribution in [0.15, 0.2) is 0 Å². The van der Waals surface area contributed by atoms with Gasteiger partial charge >= 0.3 is 59.1 Å². The molecule has 0 aliphatic carbocycles. The fourth-order valence-electron chi connectivity index (χ4n) is 1.28. The predicted molar refractivity (Wildman–Crippen MR) is 46.9 cm³/mol. The summed E-state index contributed by atoms with van der Waals surface area (Å²) in [5.74, 6) is -4.53. The van der Waals surface area contributed by atoms with E-state index in [1.54, 1.807) is 0 Å². The molecule has 0 N–H and O–H groups in total. The van der Waals surface area contributed by atoms with E-state index in [1.165, 1.54) is 0 Å². The number of unbranched alkanes of at least 4 members (excludes halogenated alkanes) is 4. The monoisotopic (exact) mass is 246 g/mol. The van der Waals surface area contributed by atoms with Gasteiger partial charge in [0.25, 0.3) is 0 Å². The molecule has 0 aromatic carbocycles. The topological polar surface area (TPSA) is 80.3 Å². The van der Waals surface area contributed by atoms with Crippen LogP contribution in [0.25, 0.3) is 0 Å². The summed E-state index contributed by atoms with van der Waals surface area (Å²) in [6.45, 7) is 2.07. The maximum atomic E-state index is 10.3. The molecule has 0 saturated carbocycles. The smallest absolute Gasteiger partial charge is 0.549 e. The minimum atomic E-state index is -1.54. The van der Waals surface area contributed by atoms with E-state index in [4.69, 9.17) is 0 Å². The van der Waals surface area contributed by atoms with Gasteiger partial charge in [0.1, 0.15) is 0 Å². The molecule has 0 saturated heterocycles. The zero-order valence-electron chi connectivity index (χ0n) is 10.5. The molecule has 6 heteroatoms. The summed E-state index contributed by atoms with van der Waals surface area (Å²) in [4.78, 5) is 20.7. The van der Waals surface area contributed by atoms with Gasteiger partial charge in [-0.15, -0.1) is 0 Å². The molecule has 4 nitrogen and oxygen atoms in total. The number of hydrogen-bond acceptors (Lipinski definition) is 4. The molecule has 0 aliphatic heterocycles. The molecule has 0 unspecified atom stereocenters. The van der Waals surface area contributed by atoms with Crippen LogP contribution in [-0.4, -0.2) is 11.9 Å². The van der Waals surface area contributed by atoms with Gasteiger partial charge in [-0.3, -0.25) is 0 Å². The van der Waals surface area contributed by atoms with E-state index >= 15 is 0 Å². The van der Waals surface area contributed by atoms with Gasteiger partial charge in [-0.25, -0.2) is 0 Å². The summed E-state index contributed by atoms with van der Waals surface area (Å²) in [5.41, 5.74) is 0. The third kappa shape index (κ3) is 11.4. The Hall–Kier alpha value is 0.940. The van der Waals surface area contributed by atoms with Crippen LogP contribution in [0.1, 0.15) is 45.4 Å². The molecule has 0 rings (SSSR count). The van der Waals surface area contributed by atoms with E-state index in [9.17, 15) is 19.8 Å². The van der Waals surface area contributed by atoms with Gasteiger partial charge in [-0.2, -0.15) is 0 Å². The first kappa shape index (κ1) is 22.1. The summed E-state index contributed by atoms with van der Waals surface area (Å²) in [7, 11) is 0. The first-order chi connectivity index (χ1) is 6.59. The van der Waals surface area contributed by atoms with Crippen LogP contribution < -0.4 is 69.3 Å². The average molecular weight is 246 g/mol. The first-order valence-electron chi connectivity index (χ1n) is 5.01. The van der Waals surface area contributed by atoms with Crippen molar-refractivity contribution in [2.45, 2.75) is 45.4 Å². The van der Waals surface area contributed by atoms with Crippen LogP contribution in [-0.2, 0) is 9.59 Å². The molecule has 0 aromatic heterocycles. The van der Waals surface area contributed by atoms with Crippen molar-refractivity contribution in [3.63, 3.8) is 0 Å². The molecule has 0 amide bonds. The van der Waals surface area contributed by atoms with Crippen LogP contribution in [0.5, 0.6) is 0 Å². The quantitative estimate of drug-likeness (QED) is 0.242. The largest absolute Gasteiger partial charge is 1.00 e. The molecule has 0 aliphatic rings. The van der Waals surface area contributed by atoms with Crippen LogP contribution in [0, 0.1) is 5.92 Å². The molecule has 16 heavy (non-hydrogen) atoms. The van der Waals surface area contributed by atoms with Crippen molar-refractivity contribution in [1.29, 1.82) is 0 Å². The SMILES string of the molecule is CCCCCCCC(C(=O)[O-])C(=O)[O-].[Na+].[Na+]. The van der Waals surface area contributed by atoms with E-state index in [2.05, 4.69) is 6.92 Å². The summed E-state index contributed by atoms with van der Waals surface area (Å²) < 4.78 is 0. The molecule has 0 spiro atoms. The summed E-state index contributed by atoms with van der Waals surface area (Å²) in [5, 5.41) is 20.7. The van der Waals surface area contributed by atoms with Crippen molar-refractivity contribution in [3.8, 4) is 0 Å². The maximum Gasteiger partial charge on any atom is 1.00 e. The average Bonchev–Trinajstić information content (AvgIpc) is 2.09. The molecule has 0 bridgehead atoms. The zero-order chi connectivity index (χ0) is 11.0. The molecular formula is C10H16Na2O4. The van der Waals surface area contributed by atoms with Crippen LogP contribution >= 0.6 is 0 Å². The van der Waals surface area contributed by atoms with Crippen molar-refractivity contribution in [2.75, 3.05) is 0 Å². The summed E-state index contributed by atoms with van der Waals surface area (Å²) in [6.07, 6.45) is 4.81. The summed E-state index contributed by atoms with van der Waals surface area (Å²) in [6, 6.07) is 0. The van der Waals surface area contributed by atoms with Gasteiger partial charge in [0, 0.05) is 5.92 Å². The van der Waals surface area contributed by atoms with Gasteiger partial charge in [0.2, 0.25) is 0 Å². The van der Waals surface area contributed by atoms with Crippen molar-refractivity contribution in [2.24, 2.45) is 5.92 Å². The van der Waals surface area contributed by atoms with E-state index in [-0.39, 0.29) is 65.5 Å². The van der Waals surface area contributed by atoms with Crippen LogP contribution in [0.2, 0.25) is 0 Å². The second-order valence-corrected chi connectivity index (χ2v) is 3.39. The van der Waals surface area contributed by atoms with Crippen molar-refractivity contribution in [1.82, 2.24) is 0 Å². The van der Waals surface area contributed by atoms with E-state index in [1.807, 2.05) is 0 Å².